The highest BCUT2D eigenvalue weighted by molar-refractivity contribution is 5.80. The zero-order valence-electron chi connectivity index (χ0n) is 18.1. The molecule has 3 aromatic carbocycles. The van der Waals surface area contributed by atoms with E-state index in [1.807, 2.05) is 32.9 Å². The quantitative estimate of drug-likeness (QED) is 0.219. The van der Waals surface area contributed by atoms with Gasteiger partial charge in [0.15, 0.2) is 11.0 Å². The van der Waals surface area contributed by atoms with Gasteiger partial charge in [-0.15, -0.1) is 0 Å². The molecule has 0 amide bonds. The third-order valence-corrected chi connectivity index (χ3v) is 5.50. The van der Waals surface area contributed by atoms with Gasteiger partial charge in [-0.05, 0) is 41.3 Å². The van der Waals surface area contributed by atoms with Crippen molar-refractivity contribution in [2.75, 3.05) is 0 Å². The Morgan fingerprint density at radius 3 is 1.82 bits per heavy atom. The Kier molecular flexibility index (Phi) is 5.30. The molecule has 1 heterocycles. The number of aromatic nitrogens is 2. The smallest absolute Gasteiger partial charge is 0.195 e. The van der Waals surface area contributed by atoms with Crippen LogP contribution in [0.4, 0.5) is 26.3 Å². The summed E-state index contributed by atoms with van der Waals surface area (Å²) in [6, 6.07) is 16.2. The number of hydrogen-bond acceptors (Lipinski definition) is 0. The Morgan fingerprint density at radius 1 is 0.697 bits per heavy atom. The molecule has 0 aliphatic carbocycles. The largest absolute Gasteiger partial charge is 0.420 e. The summed E-state index contributed by atoms with van der Waals surface area (Å²) in [5.74, 6) is 0. The van der Waals surface area contributed by atoms with E-state index in [4.69, 9.17) is 0 Å². The Morgan fingerprint density at radius 2 is 1.30 bits per heavy atom. The molecule has 0 atom stereocenters. The van der Waals surface area contributed by atoms with Gasteiger partial charge in [0.2, 0.25) is 0 Å². The van der Waals surface area contributed by atoms with Crippen LogP contribution in [-0.4, -0.2) is 4.57 Å². The van der Waals surface area contributed by atoms with E-state index in [2.05, 4.69) is 0 Å². The van der Waals surface area contributed by atoms with Crippen LogP contribution in [0.2, 0.25) is 0 Å². The van der Waals surface area contributed by atoms with Gasteiger partial charge < -0.3 is 0 Å². The summed E-state index contributed by atoms with van der Waals surface area (Å²) < 4.78 is 85.3. The summed E-state index contributed by atoms with van der Waals surface area (Å²) in [5.41, 5.74) is -1.57. The molecule has 33 heavy (non-hydrogen) atoms. The van der Waals surface area contributed by atoms with E-state index in [1.165, 1.54) is 15.5 Å². The van der Waals surface area contributed by atoms with E-state index >= 15 is 0 Å². The minimum atomic E-state index is -4.99. The minimum absolute atomic E-state index is 0.167. The summed E-state index contributed by atoms with van der Waals surface area (Å²) in [6.07, 6.45) is -8.53. The zero-order chi connectivity index (χ0) is 24.2. The molecule has 0 N–H and O–H groups in total. The predicted molar refractivity (Wildman–Crippen MR) is 114 cm³/mol. The molecule has 4 aromatic rings. The van der Waals surface area contributed by atoms with Crippen molar-refractivity contribution in [2.24, 2.45) is 0 Å². The molecule has 1 aromatic heterocycles. The van der Waals surface area contributed by atoms with Gasteiger partial charge in [-0.2, -0.15) is 35.5 Å². The second-order valence-electron chi connectivity index (χ2n) is 8.87. The van der Waals surface area contributed by atoms with E-state index in [1.54, 1.807) is 42.5 Å². The standard InChI is InChI=1S/C25H21F6N2/c1-23(2,3)16-9-11-19(12-10-16)33-15-32(18-7-5-4-6-8-18)21-14-17(24(26,27)28)13-20(22(21)33)25(29,30)31/h4-15H,1-3H3/q+1. The van der Waals surface area contributed by atoms with Gasteiger partial charge in [-0.25, -0.2) is 0 Å². The second-order valence-corrected chi connectivity index (χ2v) is 8.87. The van der Waals surface area contributed by atoms with E-state index in [0.29, 0.717) is 11.4 Å². The molecule has 0 fully saturated rings. The van der Waals surface area contributed by atoms with Gasteiger partial charge >= 0.3 is 12.4 Å². The van der Waals surface area contributed by atoms with Crippen LogP contribution in [-0.2, 0) is 17.8 Å². The third-order valence-electron chi connectivity index (χ3n) is 5.50. The number of para-hydroxylation sites is 1. The highest BCUT2D eigenvalue weighted by Crippen LogP contribution is 2.40. The van der Waals surface area contributed by atoms with Gasteiger partial charge in [-0.3, -0.25) is 0 Å². The van der Waals surface area contributed by atoms with Crippen LogP contribution in [0.1, 0.15) is 37.5 Å². The maximum absolute atomic E-state index is 14.0. The lowest BCUT2D eigenvalue weighted by atomic mass is 9.87. The molecule has 0 saturated heterocycles. The monoisotopic (exact) mass is 463 g/mol. The Bertz CT molecular complexity index is 1290. The van der Waals surface area contributed by atoms with Crippen LogP contribution in [0, 0.1) is 0 Å². The molecule has 8 heteroatoms. The second kappa shape index (κ2) is 7.64. The van der Waals surface area contributed by atoms with Crippen molar-refractivity contribution in [3.05, 3.63) is 89.7 Å². The van der Waals surface area contributed by atoms with Crippen LogP contribution in [0.5, 0.6) is 0 Å². The maximum atomic E-state index is 14.0. The van der Waals surface area contributed by atoms with Crippen molar-refractivity contribution in [3.63, 3.8) is 0 Å². The number of fused-ring (bicyclic) bond motifs is 1. The SMILES string of the molecule is CC(C)(C)c1ccc(-[n+]2cn(-c3ccccc3)c3cc(C(F)(F)F)cc(C(F)(F)F)c32)cc1. The molecule has 0 bridgehead atoms. The van der Waals surface area contributed by atoms with Crippen LogP contribution in [0.15, 0.2) is 73.1 Å². The van der Waals surface area contributed by atoms with Gasteiger partial charge in [0.1, 0.15) is 16.9 Å². The lowest BCUT2D eigenvalue weighted by Crippen LogP contribution is -2.31. The fraction of sp³-hybridized carbons (Fsp3) is 0.240. The highest BCUT2D eigenvalue weighted by atomic mass is 19.4. The number of rotatable bonds is 2. The number of halogens is 6. The van der Waals surface area contributed by atoms with Crippen molar-refractivity contribution >= 4 is 11.0 Å². The Labute approximate surface area is 186 Å². The first-order valence-electron chi connectivity index (χ1n) is 10.2. The molecule has 172 valence electrons. The van der Waals surface area contributed by atoms with Crippen LogP contribution in [0.25, 0.3) is 22.4 Å². The topological polar surface area (TPSA) is 8.81 Å². The van der Waals surface area contributed by atoms with Gasteiger partial charge in [0.05, 0.1) is 5.56 Å². The van der Waals surface area contributed by atoms with Gasteiger partial charge in [0.25, 0.3) is 6.33 Å². The number of nitrogens with zero attached hydrogens (tertiary/aromatic N) is 2. The maximum Gasteiger partial charge on any atom is 0.420 e. The molecule has 2 nitrogen and oxygen atoms in total. The molecular formula is C25H21F6N2+. The lowest BCUT2D eigenvalue weighted by Gasteiger charge is -2.18. The molecule has 4 rings (SSSR count). The fourth-order valence-electron chi connectivity index (χ4n) is 3.78. The van der Waals surface area contributed by atoms with E-state index in [-0.39, 0.29) is 22.5 Å². The zero-order valence-corrected chi connectivity index (χ0v) is 18.1. The van der Waals surface area contributed by atoms with Gasteiger partial charge in [0, 0.05) is 6.07 Å². The predicted octanol–water partition coefficient (Wildman–Crippen LogP) is 7.24. The summed E-state index contributed by atoms with van der Waals surface area (Å²) in [7, 11) is 0. The van der Waals surface area contributed by atoms with Crippen LogP contribution in [0.3, 0.4) is 0 Å². The van der Waals surface area contributed by atoms with E-state index < -0.39 is 23.5 Å². The van der Waals surface area contributed by atoms with Crippen molar-refractivity contribution < 1.29 is 30.9 Å². The number of imidazole rings is 1. The van der Waals surface area contributed by atoms with E-state index in [9.17, 15) is 26.3 Å². The fourth-order valence-corrected chi connectivity index (χ4v) is 3.78. The molecule has 0 radical (unpaired) electrons. The third kappa shape index (κ3) is 4.34. The average Bonchev–Trinajstić information content (AvgIpc) is 3.11. The normalized spacial score (nSPS) is 13.0. The molecule has 0 spiro atoms. The van der Waals surface area contributed by atoms with Gasteiger partial charge in [-0.1, -0.05) is 51.1 Å². The molecule has 0 saturated carbocycles. The minimum Gasteiger partial charge on any atom is -0.195 e. The van der Waals surface area contributed by atoms with Crippen molar-refractivity contribution in [1.29, 1.82) is 0 Å². The molecule has 0 aliphatic heterocycles. The first-order chi connectivity index (χ1) is 15.3. The van der Waals surface area contributed by atoms with Crippen molar-refractivity contribution in [2.45, 2.75) is 38.5 Å². The summed E-state index contributed by atoms with van der Waals surface area (Å²) in [4.78, 5) is 0. The summed E-state index contributed by atoms with van der Waals surface area (Å²) in [5, 5.41) is 0. The first kappa shape index (κ1) is 22.9. The lowest BCUT2D eigenvalue weighted by molar-refractivity contribution is -0.568. The number of hydrogen-bond donors (Lipinski definition) is 0. The van der Waals surface area contributed by atoms with Crippen LogP contribution >= 0.6 is 0 Å². The van der Waals surface area contributed by atoms with Crippen molar-refractivity contribution in [1.82, 2.24) is 4.57 Å². The summed E-state index contributed by atoms with van der Waals surface area (Å²) in [6.45, 7) is 6.03. The van der Waals surface area contributed by atoms with Crippen LogP contribution < -0.4 is 4.57 Å². The Balaban J connectivity index is 2.09. The first-order valence-corrected chi connectivity index (χ1v) is 10.2. The number of alkyl halides is 6. The molecule has 0 aliphatic rings. The van der Waals surface area contributed by atoms with E-state index in [0.717, 1.165) is 11.6 Å². The number of benzene rings is 3. The van der Waals surface area contributed by atoms with Crippen molar-refractivity contribution in [3.8, 4) is 11.4 Å². The highest BCUT2D eigenvalue weighted by Gasteiger charge is 2.42. The Hall–Kier alpha value is -3.29. The average molecular weight is 463 g/mol. The molecule has 0 unspecified atom stereocenters. The summed E-state index contributed by atoms with van der Waals surface area (Å²) >= 11 is 0. The molecular weight excluding hydrogens is 442 g/mol.